The molecular formula is C14H16INO4. The van der Waals surface area contributed by atoms with E-state index in [1.165, 1.54) is 18.1 Å². The van der Waals surface area contributed by atoms with Crippen LogP contribution in [0.15, 0.2) is 18.2 Å². The van der Waals surface area contributed by atoms with E-state index in [9.17, 15) is 14.7 Å². The maximum Gasteiger partial charge on any atom is 0.328 e. The van der Waals surface area contributed by atoms with Crippen molar-refractivity contribution in [2.75, 3.05) is 13.7 Å². The molecule has 2 rings (SSSR count). The highest BCUT2D eigenvalue weighted by Crippen LogP contribution is 2.26. The number of benzene rings is 1. The molecule has 0 radical (unpaired) electrons. The van der Waals surface area contributed by atoms with E-state index in [-0.39, 0.29) is 17.2 Å². The molecule has 1 saturated heterocycles. The third-order valence-corrected chi connectivity index (χ3v) is 4.10. The van der Waals surface area contributed by atoms with Crippen LogP contribution in [0.3, 0.4) is 0 Å². The number of ether oxygens (including phenoxy) is 1. The van der Waals surface area contributed by atoms with Crippen molar-refractivity contribution in [3.63, 3.8) is 0 Å². The highest BCUT2D eigenvalue weighted by Gasteiger charge is 2.34. The van der Waals surface area contributed by atoms with Gasteiger partial charge in [-0.1, -0.05) is 0 Å². The summed E-state index contributed by atoms with van der Waals surface area (Å²) in [7, 11) is 1.32. The maximum absolute atomic E-state index is 12.6. The summed E-state index contributed by atoms with van der Waals surface area (Å²) in [5, 5.41) is 9.85. The van der Waals surface area contributed by atoms with Gasteiger partial charge in [-0.05, 0) is 60.1 Å². The van der Waals surface area contributed by atoms with E-state index >= 15 is 0 Å². The molecule has 1 aromatic rings. The van der Waals surface area contributed by atoms with E-state index in [1.54, 1.807) is 12.1 Å². The van der Waals surface area contributed by atoms with Gasteiger partial charge in [0.25, 0.3) is 5.91 Å². The van der Waals surface area contributed by atoms with E-state index in [2.05, 4.69) is 22.6 Å². The van der Waals surface area contributed by atoms with E-state index < -0.39 is 12.0 Å². The first-order valence-corrected chi connectivity index (χ1v) is 7.49. The summed E-state index contributed by atoms with van der Waals surface area (Å²) in [6.45, 7) is 0.503. The smallest absolute Gasteiger partial charge is 0.328 e. The molecule has 5 nitrogen and oxygen atoms in total. The third kappa shape index (κ3) is 3.05. The molecular weight excluding hydrogens is 373 g/mol. The number of phenolic OH excluding ortho intramolecular Hbond substituents is 1. The zero-order valence-corrected chi connectivity index (χ0v) is 13.3. The number of phenols is 1. The Labute approximate surface area is 131 Å². The summed E-state index contributed by atoms with van der Waals surface area (Å²) >= 11 is 2.08. The highest BCUT2D eigenvalue weighted by atomic mass is 127. The Bertz CT molecular complexity index is 532. The second-order valence-electron chi connectivity index (χ2n) is 4.69. The molecule has 20 heavy (non-hydrogen) atoms. The first-order valence-electron chi connectivity index (χ1n) is 6.42. The zero-order chi connectivity index (χ0) is 14.7. The lowest BCUT2D eigenvalue weighted by atomic mass is 10.0. The predicted octanol–water partition coefficient (Wildman–Crippen LogP) is 2.16. The van der Waals surface area contributed by atoms with Gasteiger partial charge in [-0.25, -0.2) is 4.79 Å². The number of carbonyl (C=O) groups is 2. The Kier molecular flexibility index (Phi) is 4.85. The summed E-state index contributed by atoms with van der Waals surface area (Å²) in [4.78, 5) is 25.8. The van der Waals surface area contributed by atoms with Crippen molar-refractivity contribution in [2.45, 2.75) is 25.3 Å². The number of halogens is 1. The first-order chi connectivity index (χ1) is 9.54. The second kappa shape index (κ2) is 6.43. The Balaban J connectivity index is 2.30. The molecule has 1 N–H and O–H groups in total. The number of piperidine rings is 1. The van der Waals surface area contributed by atoms with Gasteiger partial charge in [0, 0.05) is 10.1 Å². The van der Waals surface area contributed by atoms with Gasteiger partial charge >= 0.3 is 5.97 Å². The fourth-order valence-corrected chi connectivity index (χ4v) is 2.88. The number of aromatic hydroxyl groups is 1. The molecule has 0 saturated carbocycles. The van der Waals surface area contributed by atoms with Crippen LogP contribution < -0.4 is 0 Å². The van der Waals surface area contributed by atoms with Gasteiger partial charge in [0.15, 0.2) is 0 Å². The van der Waals surface area contributed by atoms with Crippen molar-refractivity contribution in [3.05, 3.63) is 27.3 Å². The van der Waals surface area contributed by atoms with Crippen molar-refractivity contribution in [1.82, 2.24) is 4.90 Å². The van der Waals surface area contributed by atoms with Crippen LogP contribution in [0.4, 0.5) is 0 Å². The normalized spacial score (nSPS) is 18.7. The van der Waals surface area contributed by atoms with Crippen LogP contribution in [0, 0.1) is 3.57 Å². The van der Waals surface area contributed by atoms with Crippen LogP contribution in [-0.4, -0.2) is 41.6 Å². The molecule has 0 spiro atoms. The molecule has 0 aromatic heterocycles. The molecule has 1 aliphatic rings. The van der Waals surface area contributed by atoms with Gasteiger partial charge in [-0.2, -0.15) is 0 Å². The van der Waals surface area contributed by atoms with Crippen molar-refractivity contribution in [3.8, 4) is 5.75 Å². The number of hydrogen-bond acceptors (Lipinski definition) is 4. The van der Waals surface area contributed by atoms with Crippen molar-refractivity contribution < 1.29 is 19.4 Å². The molecule has 1 aliphatic heterocycles. The molecule has 108 valence electrons. The van der Waals surface area contributed by atoms with Crippen LogP contribution in [0.5, 0.6) is 5.75 Å². The quantitative estimate of drug-likeness (QED) is 0.622. The maximum atomic E-state index is 12.6. The molecule has 1 amide bonds. The number of esters is 1. The Morgan fingerprint density at radius 2 is 2.15 bits per heavy atom. The fraction of sp³-hybridized carbons (Fsp3) is 0.429. The number of nitrogens with zero attached hydrogens (tertiary/aromatic N) is 1. The van der Waals surface area contributed by atoms with Crippen LogP contribution in [0.25, 0.3) is 0 Å². The average molecular weight is 389 g/mol. The van der Waals surface area contributed by atoms with E-state index in [0.29, 0.717) is 13.0 Å². The summed E-state index contributed by atoms with van der Waals surface area (Å²) in [6.07, 6.45) is 2.34. The molecule has 0 bridgehead atoms. The summed E-state index contributed by atoms with van der Waals surface area (Å²) in [6, 6.07) is 4.28. The lowest BCUT2D eigenvalue weighted by Gasteiger charge is -2.33. The van der Waals surface area contributed by atoms with Crippen LogP contribution >= 0.6 is 22.6 Å². The highest BCUT2D eigenvalue weighted by molar-refractivity contribution is 14.1. The minimum Gasteiger partial charge on any atom is -0.507 e. The second-order valence-corrected chi connectivity index (χ2v) is 5.94. The van der Waals surface area contributed by atoms with Gasteiger partial charge in [-0.15, -0.1) is 0 Å². The molecule has 6 heteroatoms. The molecule has 0 aliphatic carbocycles. The van der Waals surface area contributed by atoms with Gasteiger partial charge in [0.1, 0.15) is 11.8 Å². The average Bonchev–Trinajstić information content (AvgIpc) is 2.48. The SMILES string of the molecule is COC(=O)[C@H]1CCCCN1C(=O)c1cc(I)ccc1O. The summed E-state index contributed by atoms with van der Waals surface area (Å²) in [5.41, 5.74) is 0.229. The standard InChI is InChI=1S/C14H16INO4/c1-20-14(19)11-4-2-3-7-16(11)13(18)10-8-9(15)5-6-12(10)17/h5-6,8,11,17H,2-4,7H2,1H3/t11-/m1/s1. The molecule has 1 atom stereocenters. The third-order valence-electron chi connectivity index (χ3n) is 3.43. The monoisotopic (exact) mass is 389 g/mol. The molecule has 1 aromatic carbocycles. The lowest BCUT2D eigenvalue weighted by molar-refractivity contribution is -0.147. The van der Waals surface area contributed by atoms with Crippen molar-refractivity contribution in [2.24, 2.45) is 0 Å². The number of methoxy groups -OCH3 is 1. The Morgan fingerprint density at radius 1 is 1.40 bits per heavy atom. The Hall–Kier alpha value is -1.31. The van der Waals surface area contributed by atoms with Gasteiger partial charge < -0.3 is 14.7 Å². The minimum absolute atomic E-state index is 0.0652. The number of amides is 1. The minimum atomic E-state index is -0.557. The van der Waals surface area contributed by atoms with E-state index in [4.69, 9.17) is 4.74 Å². The molecule has 0 unspecified atom stereocenters. The van der Waals surface area contributed by atoms with Gasteiger partial charge in [0.05, 0.1) is 12.7 Å². The Morgan fingerprint density at radius 3 is 2.85 bits per heavy atom. The number of rotatable bonds is 2. The topological polar surface area (TPSA) is 66.8 Å². The zero-order valence-electron chi connectivity index (χ0n) is 11.1. The summed E-state index contributed by atoms with van der Waals surface area (Å²) in [5.74, 6) is -0.788. The van der Waals surface area contributed by atoms with Crippen LogP contribution in [0.1, 0.15) is 29.6 Å². The van der Waals surface area contributed by atoms with Crippen molar-refractivity contribution in [1.29, 1.82) is 0 Å². The predicted molar refractivity (Wildman–Crippen MR) is 81.5 cm³/mol. The molecule has 1 fully saturated rings. The van der Waals surface area contributed by atoms with Gasteiger partial charge in [0.2, 0.25) is 0 Å². The van der Waals surface area contributed by atoms with E-state index in [1.807, 2.05) is 0 Å². The van der Waals surface area contributed by atoms with E-state index in [0.717, 1.165) is 16.4 Å². The molecule has 1 heterocycles. The van der Waals surface area contributed by atoms with Crippen LogP contribution in [-0.2, 0) is 9.53 Å². The number of likely N-dealkylation sites (tertiary alicyclic amines) is 1. The fourth-order valence-electron chi connectivity index (χ4n) is 2.39. The largest absolute Gasteiger partial charge is 0.507 e. The number of carbonyl (C=O) groups excluding carboxylic acids is 2. The first kappa shape index (κ1) is 15.1. The number of hydrogen-bond donors (Lipinski definition) is 1. The van der Waals surface area contributed by atoms with Crippen LogP contribution in [0.2, 0.25) is 0 Å². The lowest BCUT2D eigenvalue weighted by Crippen LogP contribution is -2.48. The van der Waals surface area contributed by atoms with Gasteiger partial charge in [-0.3, -0.25) is 4.79 Å². The summed E-state index contributed by atoms with van der Waals surface area (Å²) < 4.78 is 5.62. The van der Waals surface area contributed by atoms with Crippen molar-refractivity contribution >= 4 is 34.5 Å².